The number of ether oxygens (including phenoxy) is 3. The first-order valence-electron chi connectivity index (χ1n) is 7.22. The summed E-state index contributed by atoms with van der Waals surface area (Å²) in [5.41, 5.74) is 1.14. The molecule has 2 aromatic carbocycles. The summed E-state index contributed by atoms with van der Waals surface area (Å²) in [6.07, 6.45) is 0.694. The maximum atomic E-state index is 5.80. The molecule has 4 heteroatoms. The molecule has 0 saturated carbocycles. The van der Waals surface area contributed by atoms with Crippen LogP contribution in [0.15, 0.2) is 54.6 Å². The molecule has 1 aliphatic heterocycles. The zero-order valence-corrected chi connectivity index (χ0v) is 19.3. The van der Waals surface area contributed by atoms with Crippen LogP contribution in [0, 0.1) is 12.5 Å². The minimum atomic E-state index is -0.190. The van der Waals surface area contributed by atoms with E-state index in [4.69, 9.17) is 14.2 Å². The van der Waals surface area contributed by atoms with Gasteiger partial charge in [0.05, 0.1) is 0 Å². The second-order valence-electron chi connectivity index (χ2n) is 5.28. The van der Waals surface area contributed by atoms with Crippen molar-refractivity contribution in [3.8, 4) is 11.5 Å². The molecule has 22 heavy (non-hydrogen) atoms. The SMILES string of the molecule is C[C@H]1[CH-]OC(Oc2cccc(OCc3ccccc3)c2)C1.[Cs+]. The Labute approximate surface area is 190 Å². The van der Waals surface area contributed by atoms with Crippen LogP contribution in [0.3, 0.4) is 0 Å². The Morgan fingerprint density at radius 3 is 2.59 bits per heavy atom. The van der Waals surface area contributed by atoms with Crippen LogP contribution < -0.4 is 78.4 Å². The van der Waals surface area contributed by atoms with Crippen LogP contribution in [0.5, 0.6) is 11.5 Å². The van der Waals surface area contributed by atoms with E-state index in [1.165, 1.54) is 0 Å². The molecule has 1 saturated heterocycles. The molecular weight excluding hydrogens is 397 g/mol. The summed E-state index contributed by atoms with van der Waals surface area (Å²) in [6.45, 7) is 4.50. The normalized spacial score (nSPS) is 20.2. The van der Waals surface area contributed by atoms with Gasteiger partial charge in [-0.1, -0.05) is 43.3 Å². The minimum Gasteiger partial charge on any atom is -0.520 e. The van der Waals surface area contributed by atoms with Crippen molar-refractivity contribution in [3.05, 3.63) is 66.8 Å². The molecule has 1 aliphatic rings. The van der Waals surface area contributed by atoms with Gasteiger partial charge in [-0.2, -0.15) is 0 Å². The van der Waals surface area contributed by atoms with Crippen molar-refractivity contribution in [2.24, 2.45) is 5.92 Å². The molecule has 0 aromatic heterocycles. The zero-order valence-electron chi connectivity index (χ0n) is 13.1. The summed E-state index contributed by atoms with van der Waals surface area (Å²) in [5.74, 6) is 2.01. The first kappa shape index (κ1) is 18.4. The van der Waals surface area contributed by atoms with E-state index in [-0.39, 0.29) is 75.2 Å². The Morgan fingerprint density at radius 1 is 1.09 bits per heavy atom. The van der Waals surface area contributed by atoms with E-state index in [9.17, 15) is 0 Å². The molecule has 0 bridgehead atoms. The van der Waals surface area contributed by atoms with Crippen molar-refractivity contribution < 1.29 is 83.1 Å². The maximum Gasteiger partial charge on any atom is 1.00 e. The third-order valence-corrected chi connectivity index (χ3v) is 3.35. The van der Waals surface area contributed by atoms with E-state index in [0.717, 1.165) is 23.5 Å². The number of hydrogen-bond acceptors (Lipinski definition) is 3. The van der Waals surface area contributed by atoms with Crippen LogP contribution >= 0.6 is 0 Å². The third-order valence-electron chi connectivity index (χ3n) is 3.35. The Kier molecular flexibility index (Phi) is 7.84. The summed E-state index contributed by atoms with van der Waals surface area (Å²) < 4.78 is 17.0. The zero-order chi connectivity index (χ0) is 14.5. The van der Waals surface area contributed by atoms with Crippen molar-refractivity contribution in [1.29, 1.82) is 0 Å². The molecule has 0 N–H and O–H groups in total. The second-order valence-corrected chi connectivity index (χ2v) is 5.28. The summed E-state index contributed by atoms with van der Waals surface area (Å²) >= 11 is 0. The fourth-order valence-electron chi connectivity index (χ4n) is 2.24. The monoisotopic (exact) mass is 416 g/mol. The molecule has 1 unspecified atom stereocenters. The topological polar surface area (TPSA) is 27.7 Å². The average molecular weight is 416 g/mol. The van der Waals surface area contributed by atoms with Gasteiger partial charge in [-0.05, 0) is 24.1 Å². The smallest absolute Gasteiger partial charge is 0.520 e. The van der Waals surface area contributed by atoms with E-state index in [1.54, 1.807) is 0 Å². The van der Waals surface area contributed by atoms with E-state index < -0.39 is 0 Å². The van der Waals surface area contributed by atoms with Crippen molar-refractivity contribution in [1.82, 2.24) is 0 Å². The van der Waals surface area contributed by atoms with Crippen LogP contribution in [-0.2, 0) is 11.3 Å². The number of benzene rings is 2. The van der Waals surface area contributed by atoms with Crippen molar-refractivity contribution in [2.45, 2.75) is 26.2 Å². The van der Waals surface area contributed by atoms with Gasteiger partial charge in [0.2, 0.25) is 0 Å². The molecule has 0 aliphatic carbocycles. The molecule has 2 aromatic rings. The molecule has 1 fully saturated rings. The van der Waals surface area contributed by atoms with Crippen LogP contribution in [0.1, 0.15) is 18.9 Å². The third kappa shape index (κ3) is 5.60. The molecule has 2 atom stereocenters. The predicted octanol–water partition coefficient (Wildman–Crippen LogP) is 1.19. The van der Waals surface area contributed by atoms with Gasteiger partial charge in [0, 0.05) is 6.07 Å². The molecule has 3 nitrogen and oxygen atoms in total. The molecule has 0 spiro atoms. The summed E-state index contributed by atoms with van der Waals surface area (Å²) in [5, 5.41) is 0. The first-order chi connectivity index (χ1) is 10.3. The van der Waals surface area contributed by atoms with Gasteiger partial charge in [-0.15, -0.1) is 5.92 Å². The van der Waals surface area contributed by atoms with Gasteiger partial charge in [-0.25, -0.2) is 6.61 Å². The number of hydrogen-bond donors (Lipinski definition) is 0. The molecule has 110 valence electrons. The largest absolute Gasteiger partial charge is 1.00 e. The van der Waals surface area contributed by atoms with E-state index in [2.05, 4.69) is 6.92 Å². The van der Waals surface area contributed by atoms with Gasteiger partial charge >= 0.3 is 68.9 Å². The van der Waals surface area contributed by atoms with Crippen LogP contribution in [-0.4, -0.2) is 6.29 Å². The fraction of sp³-hybridized carbons (Fsp3) is 0.278. The van der Waals surface area contributed by atoms with E-state index in [1.807, 2.05) is 61.2 Å². The quantitative estimate of drug-likeness (QED) is 0.686. The van der Waals surface area contributed by atoms with Gasteiger partial charge in [0.15, 0.2) is 6.29 Å². The van der Waals surface area contributed by atoms with Crippen LogP contribution in [0.4, 0.5) is 0 Å². The first-order valence-corrected chi connectivity index (χ1v) is 7.22. The second kappa shape index (κ2) is 9.37. The van der Waals surface area contributed by atoms with Crippen LogP contribution in [0.2, 0.25) is 0 Å². The fourth-order valence-corrected chi connectivity index (χ4v) is 2.24. The maximum absolute atomic E-state index is 5.80. The molecule has 3 rings (SSSR count). The molecule has 0 amide bonds. The van der Waals surface area contributed by atoms with Crippen LogP contribution in [0.25, 0.3) is 0 Å². The summed E-state index contributed by atoms with van der Waals surface area (Å²) in [7, 11) is 0. The Morgan fingerprint density at radius 2 is 1.86 bits per heavy atom. The summed E-state index contributed by atoms with van der Waals surface area (Å²) in [4.78, 5) is 0. The Hall–Kier alpha value is 0.0519. The van der Waals surface area contributed by atoms with Crippen molar-refractivity contribution >= 4 is 0 Å². The minimum absolute atomic E-state index is 0. The van der Waals surface area contributed by atoms with Gasteiger partial charge in [-0.3, -0.25) is 0 Å². The van der Waals surface area contributed by atoms with Gasteiger partial charge in [0.1, 0.15) is 18.1 Å². The van der Waals surface area contributed by atoms with Crippen molar-refractivity contribution in [3.63, 3.8) is 0 Å². The van der Waals surface area contributed by atoms with E-state index >= 15 is 0 Å². The standard InChI is InChI=1S/C18H19O3.Cs/c1-14-10-18(20-12-14)21-17-9-5-8-16(11-17)19-13-15-6-3-2-4-7-15;/h2-9,11-12,14,18H,10,13H2,1H3;/q-1;+1/t14-,18?;/m1./s1. The molecule has 0 radical (unpaired) electrons. The summed E-state index contributed by atoms with van der Waals surface area (Å²) in [6, 6.07) is 17.8. The molecular formula is C18H19CsO3. The number of rotatable bonds is 5. The van der Waals surface area contributed by atoms with Crippen molar-refractivity contribution in [2.75, 3.05) is 0 Å². The predicted molar refractivity (Wildman–Crippen MR) is 80.8 cm³/mol. The Bertz CT molecular complexity index is 574. The van der Waals surface area contributed by atoms with Gasteiger partial charge < -0.3 is 14.2 Å². The van der Waals surface area contributed by atoms with Gasteiger partial charge in [0.25, 0.3) is 0 Å². The van der Waals surface area contributed by atoms with E-state index in [0.29, 0.717) is 12.5 Å². The average Bonchev–Trinajstić information content (AvgIpc) is 2.92. The Balaban J connectivity index is 0.00000176. The molecule has 1 heterocycles.